The van der Waals surface area contributed by atoms with Gasteiger partial charge in [-0.1, -0.05) is 46.4 Å². The zero-order valence-corrected chi connectivity index (χ0v) is 17.7. The molecule has 2 atom stereocenters. The fraction of sp³-hybridized carbons (Fsp3) is 0.619. The van der Waals surface area contributed by atoms with Crippen molar-refractivity contribution >= 4 is 8.32 Å². The van der Waals surface area contributed by atoms with Crippen molar-refractivity contribution in [2.24, 2.45) is 0 Å². The van der Waals surface area contributed by atoms with Crippen molar-refractivity contribution in [3.05, 3.63) is 41.5 Å². The van der Waals surface area contributed by atoms with Gasteiger partial charge in [-0.15, -0.1) is 0 Å². The minimum Gasteiger partial charge on any atom is -0.543 e. The molecular formula is C21H34O2Si. The maximum absolute atomic E-state index is 10.6. The summed E-state index contributed by atoms with van der Waals surface area (Å²) in [6.45, 7) is 21.8. The van der Waals surface area contributed by atoms with Gasteiger partial charge in [0, 0.05) is 11.0 Å². The Kier molecular flexibility index (Phi) is 4.61. The van der Waals surface area contributed by atoms with Crippen LogP contribution in [0.15, 0.2) is 30.4 Å². The lowest BCUT2D eigenvalue weighted by molar-refractivity contribution is 0.105. The summed E-state index contributed by atoms with van der Waals surface area (Å²) in [4.78, 5) is 0. The molecule has 1 aliphatic carbocycles. The first-order valence-corrected chi connectivity index (χ1v) is 11.8. The summed E-state index contributed by atoms with van der Waals surface area (Å²) in [7, 11) is -1.93. The number of aliphatic hydroxyl groups is 1. The Hall–Kier alpha value is -1.06. The summed E-state index contributed by atoms with van der Waals surface area (Å²) < 4.78 is 6.69. The highest BCUT2D eigenvalue weighted by atomic mass is 28.4. The Bertz CT molecular complexity index is 652. The van der Waals surface area contributed by atoms with Crippen molar-refractivity contribution in [3.8, 4) is 5.75 Å². The van der Waals surface area contributed by atoms with Crippen LogP contribution in [0.1, 0.15) is 58.6 Å². The van der Waals surface area contributed by atoms with Crippen LogP contribution in [0, 0.1) is 6.92 Å². The van der Waals surface area contributed by atoms with E-state index < -0.39 is 13.9 Å². The average Bonchev–Trinajstić information content (AvgIpc) is 2.62. The lowest BCUT2D eigenvalue weighted by Gasteiger charge is -2.39. The average molecular weight is 347 g/mol. The van der Waals surface area contributed by atoms with Crippen molar-refractivity contribution in [2.45, 2.75) is 83.5 Å². The molecule has 3 heteroatoms. The van der Waals surface area contributed by atoms with Gasteiger partial charge in [0.05, 0.1) is 5.60 Å². The van der Waals surface area contributed by atoms with Crippen LogP contribution in [0.4, 0.5) is 0 Å². The standard InChI is InChI=1S/C21H34O2Si/c1-15-10-11-17(20(6)12-13-21(7,22)16(20)2)18(14-15)23-24(8,9)19(3,4)5/h10-11,14,22H,2,12-13H2,1,3-9H3/t20-,21+/m1/s1. The monoisotopic (exact) mass is 346 g/mol. The number of aryl methyl sites for hydroxylation is 1. The minimum absolute atomic E-state index is 0.146. The van der Waals surface area contributed by atoms with Gasteiger partial charge in [-0.05, 0) is 62.0 Å². The van der Waals surface area contributed by atoms with E-state index in [9.17, 15) is 5.11 Å². The molecule has 1 aromatic rings. The fourth-order valence-corrected chi connectivity index (χ4v) is 4.31. The van der Waals surface area contributed by atoms with Crippen LogP contribution in [0.2, 0.25) is 18.1 Å². The highest BCUT2D eigenvalue weighted by Gasteiger charge is 2.48. The summed E-state index contributed by atoms with van der Waals surface area (Å²) in [6.07, 6.45) is 1.64. The highest BCUT2D eigenvalue weighted by molar-refractivity contribution is 6.74. The third-order valence-electron chi connectivity index (χ3n) is 6.33. The molecular weight excluding hydrogens is 312 g/mol. The van der Waals surface area contributed by atoms with Gasteiger partial charge < -0.3 is 9.53 Å². The molecule has 2 nitrogen and oxygen atoms in total. The lowest BCUT2D eigenvalue weighted by Crippen LogP contribution is -2.44. The van der Waals surface area contributed by atoms with E-state index in [1.54, 1.807) is 0 Å². The molecule has 0 spiro atoms. The SMILES string of the molecule is C=C1[C@@](C)(O)CC[C@@]1(C)c1ccc(C)cc1O[Si](C)(C)C(C)(C)C. The second-order valence-corrected chi connectivity index (χ2v) is 14.2. The Morgan fingerprint density at radius 2 is 1.75 bits per heavy atom. The van der Waals surface area contributed by atoms with Crippen LogP contribution in [0.3, 0.4) is 0 Å². The normalized spacial score (nSPS) is 28.3. The molecule has 1 fully saturated rings. The second kappa shape index (κ2) is 5.74. The molecule has 0 aromatic heterocycles. The molecule has 0 radical (unpaired) electrons. The second-order valence-electron chi connectivity index (χ2n) is 9.45. The molecule has 1 N–H and O–H groups in total. The highest BCUT2D eigenvalue weighted by Crippen LogP contribution is 2.52. The molecule has 1 aromatic carbocycles. The van der Waals surface area contributed by atoms with Gasteiger partial charge in [0.25, 0.3) is 0 Å². The van der Waals surface area contributed by atoms with Crippen LogP contribution in [-0.2, 0) is 5.41 Å². The van der Waals surface area contributed by atoms with E-state index in [1.807, 2.05) is 6.92 Å². The first-order valence-electron chi connectivity index (χ1n) is 8.93. The number of hydrogen-bond donors (Lipinski definition) is 1. The third kappa shape index (κ3) is 3.21. The van der Waals surface area contributed by atoms with E-state index in [0.717, 1.165) is 24.2 Å². The summed E-state index contributed by atoms with van der Waals surface area (Å²) in [6, 6.07) is 6.46. The number of rotatable bonds is 3. The van der Waals surface area contributed by atoms with E-state index in [1.165, 1.54) is 11.1 Å². The predicted octanol–water partition coefficient (Wildman–Crippen LogP) is 5.74. The molecule has 1 aliphatic rings. The van der Waals surface area contributed by atoms with Crippen LogP contribution < -0.4 is 4.43 Å². The summed E-state index contributed by atoms with van der Waals surface area (Å²) >= 11 is 0. The van der Waals surface area contributed by atoms with Crippen molar-refractivity contribution in [1.82, 2.24) is 0 Å². The van der Waals surface area contributed by atoms with Gasteiger partial charge >= 0.3 is 0 Å². The van der Waals surface area contributed by atoms with Crippen LogP contribution in [0.5, 0.6) is 5.75 Å². The maximum atomic E-state index is 10.6. The van der Waals surface area contributed by atoms with Gasteiger partial charge in [0.2, 0.25) is 8.32 Å². The lowest BCUT2D eigenvalue weighted by atomic mass is 9.76. The van der Waals surface area contributed by atoms with E-state index >= 15 is 0 Å². The van der Waals surface area contributed by atoms with Crippen LogP contribution >= 0.6 is 0 Å². The zero-order valence-electron chi connectivity index (χ0n) is 16.7. The van der Waals surface area contributed by atoms with Gasteiger partial charge in [0.15, 0.2) is 0 Å². The quantitative estimate of drug-likeness (QED) is 0.559. The van der Waals surface area contributed by atoms with E-state index in [0.29, 0.717) is 0 Å². The minimum atomic E-state index is -1.93. The summed E-state index contributed by atoms with van der Waals surface area (Å²) in [5, 5.41) is 10.8. The first-order chi connectivity index (χ1) is 10.7. The summed E-state index contributed by atoms with van der Waals surface area (Å²) in [5.41, 5.74) is 2.23. The van der Waals surface area contributed by atoms with Gasteiger partial charge in [-0.2, -0.15) is 0 Å². The molecule has 0 saturated heterocycles. The first kappa shape index (κ1) is 19.3. The molecule has 0 heterocycles. The van der Waals surface area contributed by atoms with Crippen LogP contribution in [-0.4, -0.2) is 19.0 Å². The van der Waals surface area contributed by atoms with E-state index in [-0.39, 0.29) is 10.5 Å². The topological polar surface area (TPSA) is 29.5 Å². The Morgan fingerprint density at radius 1 is 1.17 bits per heavy atom. The molecule has 0 aliphatic heterocycles. The molecule has 1 saturated carbocycles. The van der Waals surface area contributed by atoms with Crippen molar-refractivity contribution in [1.29, 1.82) is 0 Å². The van der Waals surface area contributed by atoms with Gasteiger partial charge in [-0.25, -0.2) is 0 Å². The Balaban J connectivity index is 2.52. The van der Waals surface area contributed by atoms with Gasteiger partial charge in [-0.3, -0.25) is 0 Å². The predicted molar refractivity (Wildman–Crippen MR) is 105 cm³/mol. The maximum Gasteiger partial charge on any atom is 0.250 e. The molecule has 0 unspecified atom stereocenters. The van der Waals surface area contributed by atoms with E-state index in [2.05, 4.69) is 72.5 Å². The largest absolute Gasteiger partial charge is 0.543 e. The third-order valence-corrected chi connectivity index (χ3v) is 10.7. The number of benzene rings is 1. The molecule has 0 bridgehead atoms. The van der Waals surface area contributed by atoms with Crippen molar-refractivity contribution in [3.63, 3.8) is 0 Å². The molecule has 2 rings (SSSR count). The summed E-state index contributed by atoms with van der Waals surface area (Å²) in [5.74, 6) is 0.975. The van der Waals surface area contributed by atoms with Crippen LogP contribution in [0.25, 0.3) is 0 Å². The Labute approximate surface area is 149 Å². The number of hydrogen-bond acceptors (Lipinski definition) is 2. The molecule has 24 heavy (non-hydrogen) atoms. The molecule has 0 amide bonds. The Morgan fingerprint density at radius 3 is 2.21 bits per heavy atom. The van der Waals surface area contributed by atoms with E-state index in [4.69, 9.17) is 4.43 Å². The zero-order chi connectivity index (χ0) is 18.6. The van der Waals surface area contributed by atoms with Gasteiger partial charge in [0.1, 0.15) is 5.75 Å². The smallest absolute Gasteiger partial charge is 0.250 e. The fourth-order valence-electron chi connectivity index (χ4n) is 3.28. The molecule has 134 valence electrons. The van der Waals surface area contributed by atoms with Crippen molar-refractivity contribution in [2.75, 3.05) is 0 Å². The van der Waals surface area contributed by atoms with Crippen molar-refractivity contribution < 1.29 is 9.53 Å².